The number of anilines is 1. The normalized spacial score (nSPS) is 22.8. The third-order valence-electron chi connectivity index (χ3n) is 8.14. The van der Waals surface area contributed by atoms with E-state index in [2.05, 4.69) is 78.3 Å². The van der Waals surface area contributed by atoms with Crippen molar-refractivity contribution in [1.29, 1.82) is 0 Å². The summed E-state index contributed by atoms with van der Waals surface area (Å²) >= 11 is 0. The predicted octanol–water partition coefficient (Wildman–Crippen LogP) is 4.97. The van der Waals surface area contributed by atoms with Gasteiger partial charge in [0.15, 0.2) is 17.6 Å². The van der Waals surface area contributed by atoms with Crippen molar-refractivity contribution in [2.75, 3.05) is 31.2 Å². The van der Waals surface area contributed by atoms with Crippen LogP contribution in [0.25, 0.3) is 22.4 Å². The van der Waals surface area contributed by atoms with Crippen LogP contribution in [0.4, 0.5) is 5.69 Å². The smallest absolute Gasteiger partial charge is 0.348 e. The first-order valence-electron chi connectivity index (χ1n) is 13.5. The molecule has 0 amide bonds. The maximum Gasteiger partial charge on any atom is 0.348 e. The number of esters is 1. The van der Waals surface area contributed by atoms with Crippen LogP contribution in [0, 0.1) is 17.8 Å². The van der Waals surface area contributed by atoms with Crippen LogP contribution in [0.2, 0.25) is 0 Å². The summed E-state index contributed by atoms with van der Waals surface area (Å²) in [6, 6.07) is 17.0. The van der Waals surface area contributed by atoms with Gasteiger partial charge in [0.05, 0.1) is 25.8 Å². The van der Waals surface area contributed by atoms with Crippen molar-refractivity contribution in [3.05, 3.63) is 48.5 Å². The fraction of sp³-hybridized carbons (Fsp3) is 0.533. The topological polar surface area (TPSA) is 47.6 Å². The minimum Gasteiger partial charge on any atom is -0.459 e. The lowest BCUT2D eigenvalue weighted by Gasteiger charge is -2.36. The molecule has 1 aliphatic heterocycles. The predicted molar refractivity (Wildman–Crippen MR) is 143 cm³/mol. The standard InChI is InChI=1S/C30H40N3O3/c1-21(2)25-14-9-22(3)19-28(25)36-29(34)20-33-27-8-6-5-7-26(27)31(4)30(33)23-10-12-24(13-11-23)32-15-17-35-18-16-32/h5-8,10-13,21-22,25,28H,9,14-20H2,1-4H3/q+1/t22-,25+,28-/m1/s1. The van der Waals surface area contributed by atoms with E-state index in [0.717, 1.165) is 61.6 Å². The van der Waals surface area contributed by atoms with Gasteiger partial charge in [-0.15, -0.1) is 0 Å². The van der Waals surface area contributed by atoms with E-state index in [1.54, 1.807) is 0 Å². The zero-order valence-corrected chi connectivity index (χ0v) is 22.2. The third kappa shape index (κ3) is 5.01. The summed E-state index contributed by atoms with van der Waals surface area (Å²) in [5, 5.41) is 0. The number of aryl methyl sites for hydroxylation is 1. The molecule has 1 saturated heterocycles. The van der Waals surface area contributed by atoms with E-state index in [1.165, 1.54) is 12.1 Å². The molecule has 6 heteroatoms. The first-order chi connectivity index (χ1) is 17.4. The SMILES string of the molecule is CC(C)[C@@H]1CC[C@@H](C)C[C@H]1OC(=O)Cn1c(-c2ccc(N3CCOCC3)cc2)[n+](C)c2ccccc21. The van der Waals surface area contributed by atoms with Crippen molar-refractivity contribution >= 4 is 22.7 Å². The summed E-state index contributed by atoms with van der Waals surface area (Å²) < 4.78 is 16.0. The van der Waals surface area contributed by atoms with E-state index in [9.17, 15) is 4.79 Å². The number of rotatable bonds is 6. The molecule has 36 heavy (non-hydrogen) atoms. The Bertz CT molecular complexity index is 1190. The van der Waals surface area contributed by atoms with Gasteiger partial charge in [-0.2, -0.15) is 0 Å². The Balaban J connectivity index is 1.43. The lowest BCUT2D eigenvalue weighted by Crippen LogP contribution is -2.37. The number of carbonyl (C=O) groups excluding carboxylic acids is 1. The van der Waals surface area contributed by atoms with Crippen molar-refractivity contribution in [2.24, 2.45) is 24.8 Å². The first-order valence-corrected chi connectivity index (χ1v) is 13.5. The molecule has 2 aromatic carbocycles. The molecule has 0 spiro atoms. The number of aromatic nitrogens is 2. The van der Waals surface area contributed by atoms with Gasteiger partial charge in [0.1, 0.15) is 6.10 Å². The van der Waals surface area contributed by atoms with Crippen molar-refractivity contribution in [3.63, 3.8) is 0 Å². The number of morpholine rings is 1. The minimum absolute atomic E-state index is 0.00748. The number of nitrogens with zero attached hydrogens (tertiary/aromatic N) is 3. The van der Waals surface area contributed by atoms with Crippen LogP contribution in [-0.4, -0.2) is 42.9 Å². The van der Waals surface area contributed by atoms with Crippen LogP contribution in [0.15, 0.2) is 48.5 Å². The van der Waals surface area contributed by atoms with E-state index in [4.69, 9.17) is 9.47 Å². The molecular formula is C30H40N3O3+. The molecule has 5 rings (SSSR count). The molecule has 3 atom stereocenters. The Morgan fingerprint density at radius 1 is 1.08 bits per heavy atom. The quantitative estimate of drug-likeness (QED) is 0.361. The van der Waals surface area contributed by atoms with Gasteiger partial charge in [-0.05, 0) is 67.0 Å². The van der Waals surface area contributed by atoms with Crippen molar-refractivity contribution < 1.29 is 18.8 Å². The molecule has 2 fully saturated rings. The molecule has 0 radical (unpaired) electrons. The number of benzene rings is 2. The van der Waals surface area contributed by atoms with Crippen molar-refractivity contribution in [3.8, 4) is 11.4 Å². The summed E-state index contributed by atoms with van der Waals surface area (Å²) in [5.74, 6) is 2.42. The number of ether oxygens (including phenoxy) is 2. The Hall–Kier alpha value is -2.86. The monoisotopic (exact) mass is 490 g/mol. The molecule has 1 aromatic heterocycles. The van der Waals surface area contributed by atoms with Crippen LogP contribution in [0.1, 0.15) is 40.0 Å². The molecule has 1 aliphatic carbocycles. The van der Waals surface area contributed by atoms with Crippen molar-refractivity contribution in [1.82, 2.24) is 4.57 Å². The first kappa shape index (κ1) is 24.8. The summed E-state index contributed by atoms with van der Waals surface area (Å²) in [5.41, 5.74) is 4.44. The number of hydrogen-bond donors (Lipinski definition) is 0. The maximum atomic E-state index is 13.4. The van der Waals surface area contributed by atoms with Gasteiger partial charge in [0.25, 0.3) is 5.82 Å². The summed E-state index contributed by atoms with van der Waals surface area (Å²) in [7, 11) is 2.08. The van der Waals surface area contributed by atoms with E-state index in [0.29, 0.717) is 17.8 Å². The number of fused-ring (bicyclic) bond motifs is 1. The highest BCUT2D eigenvalue weighted by Crippen LogP contribution is 2.35. The molecule has 3 aromatic rings. The fourth-order valence-electron chi connectivity index (χ4n) is 6.12. The van der Waals surface area contributed by atoms with Gasteiger partial charge in [-0.1, -0.05) is 39.3 Å². The highest BCUT2D eigenvalue weighted by molar-refractivity contribution is 5.80. The van der Waals surface area contributed by atoms with Crippen LogP contribution < -0.4 is 9.47 Å². The van der Waals surface area contributed by atoms with Crippen molar-refractivity contribution in [2.45, 2.75) is 52.7 Å². The highest BCUT2D eigenvalue weighted by Gasteiger charge is 2.34. The van der Waals surface area contributed by atoms with E-state index < -0.39 is 0 Å². The molecule has 192 valence electrons. The molecule has 6 nitrogen and oxygen atoms in total. The molecule has 1 saturated carbocycles. The lowest BCUT2D eigenvalue weighted by molar-refractivity contribution is -0.634. The average Bonchev–Trinajstić information content (AvgIpc) is 3.16. The van der Waals surface area contributed by atoms with E-state index in [-0.39, 0.29) is 18.6 Å². The molecule has 0 unspecified atom stereocenters. The second-order valence-corrected chi connectivity index (χ2v) is 11.0. The van der Waals surface area contributed by atoms with Crippen LogP contribution in [0.3, 0.4) is 0 Å². The average molecular weight is 491 g/mol. The Morgan fingerprint density at radius 2 is 1.81 bits per heavy atom. The van der Waals surface area contributed by atoms with Gasteiger partial charge in [0.2, 0.25) is 0 Å². The second kappa shape index (κ2) is 10.6. The van der Waals surface area contributed by atoms with Crippen LogP contribution >= 0.6 is 0 Å². The number of carbonyl (C=O) groups is 1. The number of imidazole rings is 1. The highest BCUT2D eigenvalue weighted by atomic mass is 16.5. The van der Waals surface area contributed by atoms with E-state index in [1.807, 2.05) is 12.1 Å². The fourth-order valence-corrected chi connectivity index (χ4v) is 6.12. The number of hydrogen-bond acceptors (Lipinski definition) is 4. The van der Waals surface area contributed by atoms with Gasteiger partial charge in [-0.3, -0.25) is 0 Å². The summed E-state index contributed by atoms with van der Waals surface area (Å²) in [6.07, 6.45) is 3.33. The van der Waals surface area contributed by atoms with E-state index >= 15 is 0 Å². The molecule has 2 heterocycles. The lowest BCUT2D eigenvalue weighted by atomic mass is 9.75. The molecule has 0 bridgehead atoms. The van der Waals surface area contributed by atoms with Gasteiger partial charge < -0.3 is 14.4 Å². The maximum absolute atomic E-state index is 13.4. The van der Waals surface area contributed by atoms with Crippen LogP contribution in [-0.2, 0) is 27.9 Å². The third-order valence-corrected chi connectivity index (χ3v) is 8.14. The zero-order chi connectivity index (χ0) is 25.2. The van der Waals surface area contributed by atoms with Gasteiger partial charge >= 0.3 is 5.97 Å². The second-order valence-electron chi connectivity index (χ2n) is 11.0. The molecular weight excluding hydrogens is 450 g/mol. The summed E-state index contributed by atoms with van der Waals surface area (Å²) in [6.45, 7) is 10.3. The van der Waals surface area contributed by atoms with Crippen LogP contribution in [0.5, 0.6) is 0 Å². The zero-order valence-electron chi connectivity index (χ0n) is 22.2. The minimum atomic E-state index is -0.146. The summed E-state index contributed by atoms with van der Waals surface area (Å²) in [4.78, 5) is 15.7. The Kier molecular flexibility index (Phi) is 7.33. The van der Waals surface area contributed by atoms with Gasteiger partial charge in [-0.25, -0.2) is 13.9 Å². The Morgan fingerprint density at radius 3 is 2.53 bits per heavy atom. The van der Waals surface area contributed by atoms with Gasteiger partial charge in [0, 0.05) is 18.8 Å². The molecule has 2 aliphatic rings. The molecule has 0 N–H and O–H groups in total. The number of para-hydroxylation sites is 2. The Labute approximate surface area is 214 Å². The largest absolute Gasteiger partial charge is 0.459 e.